The lowest BCUT2D eigenvalue weighted by Gasteiger charge is -2.25. The van der Waals surface area contributed by atoms with Gasteiger partial charge in [0.1, 0.15) is 5.84 Å². The first-order valence-corrected chi connectivity index (χ1v) is 7.19. The number of amidine groups is 1. The molecular weight excluding hydrogens is 226 g/mol. The van der Waals surface area contributed by atoms with Crippen molar-refractivity contribution < 1.29 is 5.21 Å². The number of oxime groups is 1. The maximum absolute atomic E-state index is 8.39. The van der Waals surface area contributed by atoms with Crippen LogP contribution in [-0.2, 0) is 0 Å². The summed E-state index contributed by atoms with van der Waals surface area (Å²) in [5, 5.41) is 14.9. The van der Waals surface area contributed by atoms with Crippen molar-refractivity contribution in [3.63, 3.8) is 0 Å². The molecule has 0 saturated carbocycles. The van der Waals surface area contributed by atoms with Crippen LogP contribution in [0.2, 0.25) is 0 Å². The number of unbranched alkanes of at least 4 members (excludes halogenated alkanes) is 3. The van der Waals surface area contributed by atoms with Crippen LogP contribution in [0, 0.1) is 5.41 Å². The van der Waals surface area contributed by atoms with Crippen LogP contribution in [0.4, 0.5) is 0 Å². The lowest BCUT2D eigenvalue weighted by Crippen LogP contribution is -2.30. The topological polar surface area (TPSA) is 70.6 Å². The van der Waals surface area contributed by atoms with Gasteiger partial charge in [0.15, 0.2) is 0 Å². The van der Waals surface area contributed by atoms with Gasteiger partial charge in [0.25, 0.3) is 0 Å². The Morgan fingerprint density at radius 2 is 1.94 bits per heavy atom. The van der Waals surface area contributed by atoms with Gasteiger partial charge in [0.05, 0.1) is 0 Å². The average Bonchev–Trinajstić information content (AvgIpc) is 2.33. The lowest BCUT2D eigenvalue weighted by molar-refractivity contribution is 0.302. The Kier molecular flexibility index (Phi) is 9.74. The maximum atomic E-state index is 8.39. The minimum atomic E-state index is 0.329. The molecule has 0 radical (unpaired) electrons. The molecule has 0 aromatic rings. The van der Waals surface area contributed by atoms with Crippen molar-refractivity contribution in [2.45, 2.75) is 65.7 Å². The average molecular weight is 257 g/mol. The molecule has 0 saturated heterocycles. The Bertz CT molecular complexity index is 227. The summed E-state index contributed by atoms with van der Waals surface area (Å²) in [6.45, 7) is 8.97. The first-order chi connectivity index (χ1) is 8.52. The highest BCUT2D eigenvalue weighted by Gasteiger charge is 2.16. The molecule has 4 N–H and O–H groups in total. The number of nitrogens with one attached hydrogen (secondary N) is 1. The van der Waals surface area contributed by atoms with Crippen molar-refractivity contribution >= 4 is 5.84 Å². The van der Waals surface area contributed by atoms with Crippen molar-refractivity contribution in [3.8, 4) is 0 Å². The molecule has 0 unspecified atom stereocenters. The van der Waals surface area contributed by atoms with Gasteiger partial charge in [-0.3, -0.25) is 0 Å². The molecule has 4 heteroatoms. The fourth-order valence-corrected chi connectivity index (χ4v) is 1.97. The molecule has 0 rings (SSSR count). The Morgan fingerprint density at radius 3 is 2.56 bits per heavy atom. The summed E-state index contributed by atoms with van der Waals surface area (Å²) in [6.07, 6.45) is 7.96. The maximum Gasteiger partial charge on any atom is 0.139 e. The van der Waals surface area contributed by atoms with Gasteiger partial charge in [-0.2, -0.15) is 0 Å². The summed E-state index contributed by atoms with van der Waals surface area (Å²) in [4.78, 5) is 0. The highest BCUT2D eigenvalue weighted by molar-refractivity contribution is 5.79. The zero-order chi connectivity index (χ0) is 13.9. The first-order valence-electron chi connectivity index (χ1n) is 7.19. The van der Waals surface area contributed by atoms with Crippen LogP contribution in [0.15, 0.2) is 5.16 Å². The normalized spacial score (nSPS) is 12.9. The van der Waals surface area contributed by atoms with Gasteiger partial charge >= 0.3 is 0 Å². The number of rotatable bonds is 11. The fraction of sp³-hybridized carbons (Fsp3) is 0.929. The molecule has 0 heterocycles. The van der Waals surface area contributed by atoms with Crippen molar-refractivity contribution in [2.75, 3.05) is 13.1 Å². The molecule has 0 aliphatic rings. The second-order valence-electron chi connectivity index (χ2n) is 5.85. The molecule has 0 atom stereocenters. The van der Waals surface area contributed by atoms with Gasteiger partial charge in [-0.15, -0.1) is 0 Å². The predicted octanol–water partition coefficient (Wildman–Crippen LogP) is 3.10. The second kappa shape index (κ2) is 10.2. The van der Waals surface area contributed by atoms with Gasteiger partial charge in [0, 0.05) is 13.0 Å². The Morgan fingerprint density at radius 1 is 1.22 bits per heavy atom. The zero-order valence-corrected chi connectivity index (χ0v) is 12.3. The molecule has 0 aliphatic carbocycles. The van der Waals surface area contributed by atoms with Crippen LogP contribution in [0.1, 0.15) is 65.7 Å². The molecule has 0 aromatic carbocycles. The van der Waals surface area contributed by atoms with Crippen molar-refractivity contribution in [1.82, 2.24) is 5.32 Å². The summed E-state index contributed by atoms with van der Waals surface area (Å²) in [5.74, 6) is 0.329. The third-order valence-electron chi connectivity index (χ3n) is 3.23. The number of hydrogen-bond donors (Lipinski definition) is 3. The minimum Gasteiger partial charge on any atom is -0.409 e. The zero-order valence-electron chi connectivity index (χ0n) is 12.3. The van der Waals surface area contributed by atoms with Crippen LogP contribution < -0.4 is 11.1 Å². The van der Waals surface area contributed by atoms with E-state index in [1.54, 1.807) is 0 Å². The Balaban J connectivity index is 3.46. The summed E-state index contributed by atoms with van der Waals surface area (Å²) >= 11 is 0. The number of nitrogens with two attached hydrogens (primary N) is 1. The molecule has 0 amide bonds. The van der Waals surface area contributed by atoms with E-state index in [1.165, 1.54) is 25.7 Å². The highest BCUT2D eigenvalue weighted by atomic mass is 16.4. The van der Waals surface area contributed by atoms with E-state index in [4.69, 9.17) is 10.9 Å². The van der Waals surface area contributed by atoms with E-state index >= 15 is 0 Å². The van der Waals surface area contributed by atoms with Crippen molar-refractivity contribution in [2.24, 2.45) is 16.3 Å². The van der Waals surface area contributed by atoms with E-state index in [9.17, 15) is 0 Å². The predicted molar refractivity (Wildman–Crippen MR) is 78.1 cm³/mol. The molecule has 0 aliphatic heterocycles. The van der Waals surface area contributed by atoms with Crippen LogP contribution in [-0.4, -0.2) is 24.1 Å². The van der Waals surface area contributed by atoms with Gasteiger partial charge in [-0.25, -0.2) is 0 Å². The quantitative estimate of drug-likeness (QED) is 0.175. The molecule has 0 aromatic heterocycles. The molecule has 18 heavy (non-hydrogen) atoms. The smallest absolute Gasteiger partial charge is 0.139 e. The van der Waals surface area contributed by atoms with Crippen molar-refractivity contribution in [3.05, 3.63) is 0 Å². The first kappa shape index (κ1) is 17.2. The monoisotopic (exact) mass is 257 g/mol. The van der Waals surface area contributed by atoms with Gasteiger partial charge in [-0.1, -0.05) is 45.2 Å². The molecule has 0 spiro atoms. The fourth-order valence-electron chi connectivity index (χ4n) is 1.97. The molecular formula is C14H31N3O. The van der Waals surface area contributed by atoms with Gasteiger partial charge < -0.3 is 16.3 Å². The molecule has 4 nitrogen and oxygen atoms in total. The Hall–Kier alpha value is -0.770. The van der Waals surface area contributed by atoms with E-state index in [2.05, 4.69) is 31.2 Å². The largest absolute Gasteiger partial charge is 0.409 e. The van der Waals surface area contributed by atoms with Crippen LogP contribution >= 0.6 is 0 Å². The summed E-state index contributed by atoms with van der Waals surface area (Å²) in [5.41, 5.74) is 5.79. The minimum absolute atomic E-state index is 0.329. The number of nitrogens with zero attached hydrogens (tertiary/aromatic N) is 1. The van der Waals surface area contributed by atoms with E-state index in [-0.39, 0.29) is 0 Å². The van der Waals surface area contributed by atoms with Crippen molar-refractivity contribution in [1.29, 1.82) is 0 Å². The van der Waals surface area contributed by atoms with E-state index in [0.29, 0.717) is 17.7 Å². The van der Waals surface area contributed by atoms with Crippen LogP contribution in [0.5, 0.6) is 0 Å². The SMILES string of the molecule is CCCCCC(C)(C)CNCCCCC(N)=NO. The lowest BCUT2D eigenvalue weighted by atomic mass is 9.87. The third kappa shape index (κ3) is 10.4. The number of hydrogen-bond acceptors (Lipinski definition) is 3. The Labute approximate surface area is 112 Å². The highest BCUT2D eigenvalue weighted by Crippen LogP contribution is 2.22. The van der Waals surface area contributed by atoms with Crippen LogP contribution in [0.25, 0.3) is 0 Å². The standard InChI is InChI=1S/C14H31N3O/c1-4-5-7-10-14(2,3)12-16-11-8-6-9-13(15)17-18/h16,18H,4-12H2,1-3H3,(H2,15,17). The molecule has 108 valence electrons. The summed E-state index contributed by atoms with van der Waals surface area (Å²) < 4.78 is 0. The van der Waals surface area contributed by atoms with E-state index in [0.717, 1.165) is 25.9 Å². The summed E-state index contributed by atoms with van der Waals surface area (Å²) in [6, 6.07) is 0. The van der Waals surface area contributed by atoms with Gasteiger partial charge in [0.2, 0.25) is 0 Å². The molecule has 0 fully saturated rings. The summed E-state index contributed by atoms with van der Waals surface area (Å²) in [7, 11) is 0. The van der Waals surface area contributed by atoms with E-state index in [1.807, 2.05) is 0 Å². The van der Waals surface area contributed by atoms with E-state index < -0.39 is 0 Å². The van der Waals surface area contributed by atoms with Crippen LogP contribution in [0.3, 0.4) is 0 Å². The third-order valence-corrected chi connectivity index (χ3v) is 3.23. The second-order valence-corrected chi connectivity index (χ2v) is 5.85. The molecule has 0 bridgehead atoms. The van der Waals surface area contributed by atoms with Gasteiger partial charge in [-0.05, 0) is 31.2 Å².